The summed E-state index contributed by atoms with van der Waals surface area (Å²) in [5, 5.41) is 8.04. The molecule has 0 radical (unpaired) electrons. The Balaban J connectivity index is 0.00000400. The number of anilines is 1. The van der Waals surface area contributed by atoms with E-state index in [1.165, 1.54) is 24.3 Å². The predicted molar refractivity (Wildman–Crippen MR) is 120 cm³/mol. The average Bonchev–Trinajstić information content (AvgIpc) is 2.82. The maximum absolute atomic E-state index is 13.1. The summed E-state index contributed by atoms with van der Waals surface area (Å²) in [6.45, 7) is 0. The minimum Gasteiger partial charge on any atom is -0.744 e. The Hall–Kier alpha value is -3.04. The van der Waals surface area contributed by atoms with E-state index >= 15 is 0 Å². The summed E-state index contributed by atoms with van der Waals surface area (Å²) in [6, 6.07) is 10.4. The van der Waals surface area contributed by atoms with Gasteiger partial charge in [0, 0.05) is 16.3 Å². The molecule has 1 heterocycles. The predicted octanol–water partition coefficient (Wildman–Crippen LogP) is 3.85. The first-order valence-corrected chi connectivity index (χ1v) is 11.5. The van der Waals surface area contributed by atoms with Crippen molar-refractivity contribution >= 4 is 38.0 Å². The van der Waals surface area contributed by atoms with Crippen LogP contribution in [0.4, 0.5) is 43.4 Å². The van der Waals surface area contributed by atoms with Crippen molar-refractivity contribution in [2.75, 3.05) is 5.73 Å². The topological polar surface area (TPSA) is 121 Å². The summed E-state index contributed by atoms with van der Waals surface area (Å²) >= 11 is 0. The van der Waals surface area contributed by atoms with Crippen LogP contribution < -0.4 is 35.3 Å². The Labute approximate surface area is 233 Å². The van der Waals surface area contributed by atoms with Crippen molar-refractivity contribution in [2.24, 2.45) is 10.2 Å². The van der Waals surface area contributed by atoms with Gasteiger partial charge in [-0.3, -0.25) is 4.98 Å². The van der Waals surface area contributed by atoms with Gasteiger partial charge in [-0.1, -0.05) is 24.3 Å². The standard InChI is InChI=1S/C23H14F6N4O3S.Na/c24-22(25,26)13-7-12(8-14(9-13)23(27,28)29)18-6-5-15(11-31-18)32-33-19-10-20(37(34,35)36)16-3-1-2-4-17(16)21(19)30;/h1-11H,30H2,(H,34,35,36);/q;+1/p-1. The van der Waals surface area contributed by atoms with E-state index in [2.05, 4.69) is 15.2 Å². The van der Waals surface area contributed by atoms with Crippen LogP contribution in [0.5, 0.6) is 0 Å². The van der Waals surface area contributed by atoms with Gasteiger partial charge in [0.25, 0.3) is 0 Å². The quantitative estimate of drug-likeness (QED) is 0.133. The number of pyridine rings is 1. The molecule has 0 atom stereocenters. The van der Waals surface area contributed by atoms with Gasteiger partial charge in [0.15, 0.2) is 0 Å². The van der Waals surface area contributed by atoms with Gasteiger partial charge in [-0.15, -0.1) is 10.2 Å². The number of benzene rings is 3. The number of nitrogen functional groups attached to an aromatic ring is 1. The molecule has 0 bridgehead atoms. The number of azo groups is 1. The molecule has 192 valence electrons. The van der Waals surface area contributed by atoms with Crippen molar-refractivity contribution < 1.29 is 68.9 Å². The van der Waals surface area contributed by atoms with Gasteiger partial charge in [-0.25, -0.2) is 8.42 Å². The third-order valence-corrected chi connectivity index (χ3v) is 6.08. The SMILES string of the molecule is Nc1c(N=Nc2ccc(-c3cc(C(F)(F)F)cc(C(F)(F)F)c3)nc2)cc(S(=O)(=O)[O-])c2ccccc12.[Na+]. The zero-order valence-electron chi connectivity index (χ0n) is 19.2. The Morgan fingerprint density at radius 3 is 1.89 bits per heavy atom. The molecule has 0 fully saturated rings. The van der Waals surface area contributed by atoms with Crippen LogP contribution in [0.1, 0.15) is 11.1 Å². The summed E-state index contributed by atoms with van der Waals surface area (Å²) < 4.78 is 114. The van der Waals surface area contributed by atoms with Crippen LogP contribution in [-0.2, 0) is 22.5 Å². The normalized spacial score (nSPS) is 12.6. The Kier molecular flexibility index (Phi) is 8.24. The maximum Gasteiger partial charge on any atom is 1.00 e. The van der Waals surface area contributed by atoms with Gasteiger partial charge in [0.05, 0.1) is 33.6 Å². The molecule has 15 heteroatoms. The number of hydrogen-bond acceptors (Lipinski definition) is 7. The van der Waals surface area contributed by atoms with E-state index in [-0.39, 0.29) is 69.2 Å². The van der Waals surface area contributed by atoms with Crippen molar-refractivity contribution in [2.45, 2.75) is 17.2 Å². The van der Waals surface area contributed by atoms with Crippen LogP contribution >= 0.6 is 0 Å². The second-order valence-corrected chi connectivity index (χ2v) is 9.05. The number of nitrogens with two attached hydrogens (primary N) is 1. The molecular weight excluding hydrogens is 549 g/mol. The molecule has 0 unspecified atom stereocenters. The van der Waals surface area contributed by atoms with E-state index in [0.29, 0.717) is 12.1 Å². The molecule has 4 rings (SSSR count). The van der Waals surface area contributed by atoms with E-state index < -0.39 is 44.1 Å². The van der Waals surface area contributed by atoms with Crippen LogP contribution in [0, 0.1) is 0 Å². The fourth-order valence-corrected chi connectivity index (χ4v) is 4.17. The molecule has 0 saturated carbocycles. The van der Waals surface area contributed by atoms with Crippen LogP contribution in [0.2, 0.25) is 0 Å². The Bertz CT molecular complexity index is 1610. The summed E-state index contributed by atoms with van der Waals surface area (Å²) in [5.41, 5.74) is 2.35. The summed E-state index contributed by atoms with van der Waals surface area (Å²) in [7, 11) is -4.90. The molecule has 0 aliphatic heterocycles. The van der Waals surface area contributed by atoms with E-state index in [1.807, 2.05) is 0 Å². The third-order valence-electron chi connectivity index (χ3n) is 5.20. The van der Waals surface area contributed by atoms with Crippen LogP contribution in [-0.4, -0.2) is 18.0 Å². The first-order chi connectivity index (χ1) is 17.1. The van der Waals surface area contributed by atoms with Crippen LogP contribution in [0.25, 0.3) is 22.0 Å². The molecule has 2 N–H and O–H groups in total. The molecule has 3 aromatic carbocycles. The molecule has 0 aliphatic carbocycles. The third kappa shape index (κ3) is 6.32. The molecule has 7 nitrogen and oxygen atoms in total. The Morgan fingerprint density at radius 2 is 1.39 bits per heavy atom. The van der Waals surface area contributed by atoms with Crippen molar-refractivity contribution in [3.05, 3.63) is 78.0 Å². The zero-order chi connectivity index (χ0) is 27.2. The van der Waals surface area contributed by atoms with Gasteiger partial charge < -0.3 is 10.3 Å². The van der Waals surface area contributed by atoms with Crippen molar-refractivity contribution in [1.82, 2.24) is 4.98 Å². The Morgan fingerprint density at radius 1 is 0.816 bits per heavy atom. The van der Waals surface area contributed by atoms with Crippen LogP contribution in [0.15, 0.2) is 82.0 Å². The minimum absolute atomic E-state index is 0. The fraction of sp³-hybridized carbons (Fsp3) is 0.0870. The molecule has 0 amide bonds. The number of aromatic nitrogens is 1. The number of halogens is 6. The number of hydrogen-bond donors (Lipinski definition) is 1. The van der Waals surface area contributed by atoms with E-state index in [9.17, 15) is 39.3 Å². The van der Waals surface area contributed by atoms with Gasteiger partial charge in [0.2, 0.25) is 0 Å². The number of alkyl halides is 6. The van der Waals surface area contributed by atoms with Crippen LogP contribution in [0.3, 0.4) is 0 Å². The summed E-state index contributed by atoms with van der Waals surface area (Å²) in [4.78, 5) is 3.31. The van der Waals surface area contributed by atoms with Gasteiger partial charge in [-0.05, 0) is 36.4 Å². The summed E-state index contributed by atoms with van der Waals surface area (Å²) in [6.07, 6.45) is -8.99. The molecule has 4 aromatic rings. The largest absolute Gasteiger partial charge is 1.00 e. The molecule has 0 saturated heterocycles. The minimum atomic E-state index is -5.01. The molecule has 38 heavy (non-hydrogen) atoms. The summed E-state index contributed by atoms with van der Waals surface area (Å²) in [5.74, 6) is 0. The van der Waals surface area contributed by atoms with Crippen molar-refractivity contribution in [3.63, 3.8) is 0 Å². The number of fused-ring (bicyclic) bond motifs is 1. The average molecular weight is 562 g/mol. The maximum atomic E-state index is 13.1. The van der Waals surface area contributed by atoms with E-state index in [1.54, 1.807) is 6.07 Å². The molecule has 0 aliphatic rings. The first kappa shape index (κ1) is 29.5. The van der Waals surface area contributed by atoms with E-state index in [4.69, 9.17) is 5.73 Å². The molecule has 0 spiro atoms. The number of rotatable bonds is 4. The van der Waals surface area contributed by atoms with E-state index in [0.717, 1.165) is 18.3 Å². The number of nitrogens with zero attached hydrogens (tertiary/aromatic N) is 3. The molecular formula is C23H13F6N4NaO3S. The monoisotopic (exact) mass is 562 g/mol. The van der Waals surface area contributed by atoms with Gasteiger partial charge in [0.1, 0.15) is 21.5 Å². The first-order valence-electron chi connectivity index (χ1n) is 10.1. The van der Waals surface area contributed by atoms with Crippen molar-refractivity contribution in [1.29, 1.82) is 0 Å². The second-order valence-electron chi connectivity index (χ2n) is 7.70. The van der Waals surface area contributed by atoms with Gasteiger partial charge in [-0.2, -0.15) is 26.3 Å². The fourth-order valence-electron chi connectivity index (χ4n) is 3.47. The molecule has 1 aromatic heterocycles. The second kappa shape index (κ2) is 10.6. The van der Waals surface area contributed by atoms with Gasteiger partial charge >= 0.3 is 41.9 Å². The zero-order valence-corrected chi connectivity index (χ0v) is 22.0. The van der Waals surface area contributed by atoms with Crippen molar-refractivity contribution in [3.8, 4) is 11.3 Å². The smallest absolute Gasteiger partial charge is 0.744 e.